The maximum absolute atomic E-state index is 12.5. The van der Waals surface area contributed by atoms with E-state index in [-0.39, 0.29) is 17.7 Å². The second-order valence-electron chi connectivity index (χ2n) is 10.8. The third kappa shape index (κ3) is 8.09. The molecule has 2 aromatic rings. The van der Waals surface area contributed by atoms with Crippen molar-refractivity contribution in [2.75, 3.05) is 7.11 Å². The Morgan fingerprint density at radius 2 is 1.59 bits per heavy atom. The van der Waals surface area contributed by atoms with Crippen LogP contribution in [0.25, 0.3) is 11.1 Å². The Morgan fingerprint density at radius 1 is 1.00 bits per heavy atom. The average Bonchev–Trinajstić information content (AvgIpc) is 2.67. The number of nitrogens with one attached hydrogen (secondary N) is 1. The molecule has 1 heterocycles. The number of alkyl carbamates (subject to hydrolysis) is 1. The molecule has 0 radical (unpaired) electrons. The van der Waals surface area contributed by atoms with Gasteiger partial charge in [0.1, 0.15) is 11.4 Å². The highest BCUT2D eigenvalue weighted by molar-refractivity contribution is 7.85. The van der Waals surface area contributed by atoms with Crippen molar-refractivity contribution in [3.63, 3.8) is 0 Å². The van der Waals surface area contributed by atoms with E-state index in [1.807, 2.05) is 38.1 Å². The van der Waals surface area contributed by atoms with Crippen LogP contribution in [0.5, 0.6) is 0 Å². The molecule has 0 saturated heterocycles. The molecule has 0 aliphatic rings. The van der Waals surface area contributed by atoms with Gasteiger partial charge >= 0.3 is 6.09 Å². The van der Waals surface area contributed by atoms with Crippen LogP contribution in [0.3, 0.4) is 0 Å². The molecule has 7 nitrogen and oxygen atoms in total. The van der Waals surface area contributed by atoms with E-state index in [1.165, 1.54) is 0 Å². The van der Waals surface area contributed by atoms with E-state index >= 15 is 0 Å². The molecular weight excluding hydrogens is 452 g/mol. The van der Waals surface area contributed by atoms with Crippen molar-refractivity contribution in [2.45, 2.75) is 79.7 Å². The van der Waals surface area contributed by atoms with E-state index in [2.05, 4.69) is 26.1 Å². The molecule has 0 saturated carbocycles. The van der Waals surface area contributed by atoms with Gasteiger partial charge in [-0.3, -0.25) is 9.17 Å². The molecule has 34 heavy (non-hydrogen) atoms. The summed E-state index contributed by atoms with van der Waals surface area (Å²) in [6.45, 7) is 15.7. The Kier molecular flexibility index (Phi) is 8.53. The van der Waals surface area contributed by atoms with Crippen LogP contribution in [0.2, 0.25) is 0 Å². The molecule has 1 amide bonds. The van der Waals surface area contributed by atoms with Gasteiger partial charge in [-0.2, -0.15) is 8.42 Å². The van der Waals surface area contributed by atoms with Gasteiger partial charge in [-0.15, -0.1) is 0 Å². The number of carbonyl (C=O) groups excluding carboxylic acids is 1. The predicted molar refractivity (Wildman–Crippen MR) is 135 cm³/mol. The number of nitrogens with zero attached hydrogens (tertiary/aromatic N) is 1. The fourth-order valence-corrected chi connectivity index (χ4v) is 4.46. The van der Waals surface area contributed by atoms with Crippen LogP contribution in [-0.2, 0) is 37.8 Å². The van der Waals surface area contributed by atoms with Crippen LogP contribution in [0.4, 0.5) is 4.79 Å². The Balaban J connectivity index is 2.76. The fraction of sp³-hybridized carbons (Fsp3) is 0.538. The summed E-state index contributed by atoms with van der Waals surface area (Å²) in [5.41, 5.74) is 4.75. The summed E-state index contributed by atoms with van der Waals surface area (Å²) in [5, 5.41) is 2.84. The normalized spacial score (nSPS) is 12.5. The molecule has 0 aliphatic carbocycles. The van der Waals surface area contributed by atoms with Crippen LogP contribution in [0.15, 0.2) is 24.3 Å². The quantitative estimate of drug-likeness (QED) is 0.518. The summed E-state index contributed by atoms with van der Waals surface area (Å²) in [6, 6.07) is 7.89. The number of rotatable bonds is 7. The van der Waals surface area contributed by atoms with Gasteiger partial charge < -0.3 is 10.1 Å². The predicted octanol–water partition coefficient (Wildman–Crippen LogP) is 5.45. The largest absolute Gasteiger partial charge is 0.444 e. The number of amides is 1. The Hall–Kier alpha value is -2.45. The summed E-state index contributed by atoms with van der Waals surface area (Å²) in [7, 11) is -2.65. The number of benzene rings is 1. The van der Waals surface area contributed by atoms with Crippen LogP contribution in [-0.4, -0.2) is 32.2 Å². The molecule has 0 fully saturated rings. The highest BCUT2D eigenvalue weighted by Crippen LogP contribution is 2.35. The Bertz CT molecular complexity index is 1130. The van der Waals surface area contributed by atoms with Gasteiger partial charge in [0.15, 0.2) is 0 Å². The van der Waals surface area contributed by atoms with Crippen LogP contribution >= 0.6 is 0 Å². The topological polar surface area (TPSA) is 94.6 Å². The monoisotopic (exact) mass is 490 g/mol. The number of hydrogen-bond acceptors (Lipinski definition) is 6. The molecule has 1 N–H and O–H groups in total. The summed E-state index contributed by atoms with van der Waals surface area (Å²) in [5.74, 6) is -0.319. The summed E-state index contributed by atoms with van der Waals surface area (Å²) < 4.78 is 35.1. The van der Waals surface area contributed by atoms with Gasteiger partial charge in [-0.1, -0.05) is 50.6 Å². The smallest absolute Gasteiger partial charge is 0.407 e. The number of aryl methyl sites for hydroxylation is 2. The zero-order valence-electron chi connectivity index (χ0n) is 21.8. The average molecular weight is 491 g/mol. The lowest BCUT2D eigenvalue weighted by Gasteiger charge is -2.25. The lowest BCUT2D eigenvalue weighted by Crippen LogP contribution is -2.33. The van der Waals surface area contributed by atoms with Crippen molar-refractivity contribution >= 4 is 16.2 Å². The molecule has 0 atom stereocenters. The van der Waals surface area contributed by atoms with Crippen LogP contribution in [0.1, 0.15) is 69.6 Å². The summed E-state index contributed by atoms with van der Waals surface area (Å²) in [6.07, 6.45) is 0.103. The van der Waals surface area contributed by atoms with Crippen molar-refractivity contribution in [1.29, 1.82) is 0 Å². The Morgan fingerprint density at radius 3 is 2.09 bits per heavy atom. The van der Waals surface area contributed by atoms with Crippen molar-refractivity contribution in [1.82, 2.24) is 10.3 Å². The van der Waals surface area contributed by atoms with E-state index in [1.54, 1.807) is 20.8 Å². The van der Waals surface area contributed by atoms with Crippen LogP contribution in [0, 0.1) is 19.3 Å². The molecule has 188 valence electrons. The third-order valence-electron chi connectivity index (χ3n) is 5.11. The summed E-state index contributed by atoms with van der Waals surface area (Å²) in [4.78, 5) is 17.3. The van der Waals surface area contributed by atoms with Gasteiger partial charge in [0.05, 0.1) is 7.11 Å². The Labute approximate surface area is 204 Å². The molecule has 0 spiro atoms. The van der Waals surface area contributed by atoms with Gasteiger partial charge in [0.25, 0.3) is 10.1 Å². The van der Waals surface area contributed by atoms with Gasteiger partial charge in [0, 0.05) is 23.5 Å². The first-order valence-electron chi connectivity index (χ1n) is 11.3. The van der Waals surface area contributed by atoms with E-state index in [0.717, 1.165) is 35.1 Å². The number of aromatic nitrogens is 1. The highest BCUT2D eigenvalue weighted by atomic mass is 32.2. The second kappa shape index (κ2) is 10.4. The van der Waals surface area contributed by atoms with Gasteiger partial charge in [-0.25, -0.2) is 4.79 Å². The van der Waals surface area contributed by atoms with Gasteiger partial charge in [-0.05, 0) is 63.1 Å². The second-order valence-corrected chi connectivity index (χ2v) is 12.5. The molecule has 2 rings (SSSR count). The van der Waals surface area contributed by atoms with Gasteiger partial charge in [0.2, 0.25) is 0 Å². The zero-order chi connectivity index (χ0) is 25.9. The standard InChI is InChI=1S/C26H38N2O5S/c1-17-10-12-19(13-11-17)23-20(15-27-24(29)33-26(6,7)8)22(14-25(3,4)5)28-18(2)21(23)16-34(30,31)32-9/h10-13H,14-16H2,1-9H3,(H,27,29). The molecule has 0 bridgehead atoms. The molecule has 0 unspecified atom stereocenters. The molecule has 1 aromatic carbocycles. The SMILES string of the molecule is COS(=O)(=O)Cc1c(C)nc(CC(C)(C)C)c(CNC(=O)OC(C)(C)C)c1-c1ccc(C)cc1. The first-order chi connectivity index (χ1) is 15.5. The molecule has 0 aliphatic heterocycles. The van der Waals surface area contributed by atoms with E-state index < -0.39 is 21.8 Å². The lowest BCUT2D eigenvalue weighted by atomic mass is 9.85. The molecular formula is C26H38N2O5S. The maximum atomic E-state index is 12.5. The zero-order valence-corrected chi connectivity index (χ0v) is 22.6. The van der Waals surface area contributed by atoms with Crippen molar-refractivity contribution in [2.24, 2.45) is 5.41 Å². The first-order valence-corrected chi connectivity index (χ1v) is 12.9. The van der Waals surface area contributed by atoms with E-state index in [9.17, 15) is 13.2 Å². The number of ether oxygens (including phenoxy) is 1. The minimum Gasteiger partial charge on any atom is -0.444 e. The van der Waals surface area contributed by atoms with E-state index in [0.29, 0.717) is 17.7 Å². The first kappa shape index (κ1) is 27.8. The molecule has 8 heteroatoms. The maximum Gasteiger partial charge on any atom is 0.407 e. The third-order valence-corrected chi connectivity index (χ3v) is 6.26. The van der Waals surface area contributed by atoms with Crippen molar-refractivity contribution < 1.29 is 22.1 Å². The number of carbonyl (C=O) groups is 1. The minimum atomic E-state index is -3.81. The highest BCUT2D eigenvalue weighted by Gasteiger charge is 2.26. The van der Waals surface area contributed by atoms with Crippen molar-refractivity contribution in [3.05, 3.63) is 52.3 Å². The van der Waals surface area contributed by atoms with Crippen LogP contribution < -0.4 is 5.32 Å². The van der Waals surface area contributed by atoms with E-state index in [4.69, 9.17) is 13.9 Å². The fourth-order valence-electron chi connectivity index (χ4n) is 3.64. The number of hydrogen-bond donors (Lipinski definition) is 1. The lowest BCUT2D eigenvalue weighted by molar-refractivity contribution is 0.0523. The minimum absolute atomic E-state index is 0.0786. The van der Waals surface area contributed by atoms with Crippen molar-refractivity contribution in [3.8, 4) is 11.1 Å². The molecule has 1 aromatic heterocycles. The number of pyridine rings is 1. The summed E-state index contributed by atoms with van der Waals surface area (Å²) >= 11 is 0.